The fourth-order valence-corrected chi connectivity index (χ4v) is 1.78. The average Bonchev–Trinajstić information content (AvgIpc) is 2.80. The predicted octanol–water partition coefficient (Wildman–Crippen LogP) is 1.91. The maximum Gasteiger partial charge on any atom is 0.451 e. The Morgan fingerprint density at radius 3 is 2.47 bits per heavy atom. The van der Waals surface area contributed by atoms with Gasteiger partial charge in [-0.25, -0.2) is 9.97 Å². The molecule has 0 aromatic carbocycles. The number of anilines is 1. The molecule has 0 radical (unpaired) electrons. The first-order valence-electron chi connectivity index (χ1n) is 5.17. The van der Waals surface area contributed by atoms with E-state index in [9.17, 15) is 18.0 Å². The first-order valence-corrected chi connectivity index (χ1v) is 5.17. The van der Waals surface area contributed by atoms with E-state index in [2.05, 4.69) is 9.97 Å². The molecule has 0 saturated carbocycles. The van der Waals surface area contributed by atoms with Gasteiger partial charge in [0, 0.05) is 19.3 Å². The summed E-state index contributed by atoms with van der Waals surface area (Å²) in [6.07, 6.45) is -1.40. The normalized spacial score (nSPS) is 16.3. The molecule has 2 rings (SSSR count). The quantitative estimate of drug-likeness (QED) is 0.747. The van der Waals surface area contributed by atoms with Crippen LogP contribution in [0.3, 0.4) is 0 Å². The second kappa shape index (κ2) is 4.31. The van der Waals surface area contributed by atoms with Gasteiger partial charge >= 0.3 is 6.18 Å². The van der Waals surface area contributed by atoms with Crippen molar-refractivity contribution in [2.45, 2.75) is 19.0 Å². The lowest BCUT2D eigenvalue weighted by Crippen LogP contribution is -2.23. The molecule has 0 unspecified atom stereocenters. The second-order valence-corrected chi connectivity index (χ2v) is 3.78. The minimum Gasteiger partial charge on any atom is -0.356 e. The van der Waals surface area contributed by atoms with Gasteiger partial charge in [0.1, 0.15) is 5.82 Å². The number of carbonyl (C=O) groups excluding carboxylic acids is 1. The number of aldehydes is 1. The molecule has 7 heteroatoms. The van der Waals surface area contributed by atoms with Crippen molar-refractivity contribution in [3.8, 4) is 0 Å². The first-order chi connectivity index (χ1) is 8.02. The van der Waals surface area contributed by atoms with E-state index in [1.54, 1.807) is 4.90 Å². The van der Waals surface area contributed by atoms with E-state index in [-0.39, 0.29) is 11.4 Å². The highest BCUT2D eigenvalue weighted by molar-refractivity contribution is 5.82. The van der Waals surface area contributed by atoms with Gasteiger partial charge in [-0.2, -0.15) is 13.2 Å². The Hall–Kier alpha value is -1.66. The summed E-state index contributed by atoms with van der Waals surface area (Å²) in [4.78, 5) is 19.1. The Bertz CT molecular complexity index is 427. The average molecular weight is 245 g/mol. The molecule has 2 heterocycles. The summed E-state index contributed by atoms with van der Waals surface area (Å²) in [7, 11) is 0. The van der Waals surface area contributed by atoms with Gasteiger partial charge in [-0.3, -0.25) is 4.79 Å². The van der Waals surface area contributed by atoms with Crippen LogP contribution >= 0.6 is 0 Å². The van der Waals surface area contributed by atoms with E-state index in [1.165, 1.54) is 0 Å². The lowest BCUT2D eigenvalue weighted by molar-refractivity contribution is -0.144. The third-order valence-corrected chi connectivity index (χ3v) is 2.58. The van der Waals surface area contributed by atoms with Crippen molar-refractivity contribution in [3.63, 3.8) is 0 Å². The Morgan fingerprint density at radius 1 is 1.29 bits per heavy atom. The van der Waals surface area contributed by atoms with Crippen molar-refractivity contribution in [2.24, 2.45) is 0 Å². The summed E-state index contributed by atoms with van der Waals surface area (Å²) in [6.45, 7) is 1.24. The molecule has 1 aromatic heterocycles. The summed E-state index contributed by atoms with van der Waals surface area (Å²) >= 11 is 0. The van der Waals surface area contributed by atoms with Crippen LogP contribution in [-0.4, -0.2) is 29.3 Å². The van der Waals surface area contributed by atoms with Crippen molar-refractivity contribution >= 4 is 12.1 Å². The molecule has 0 N–H and O–H groups in total. The fourth-order valence-electron chi connectivity index (χ4n) is 1.78. The van der Waals surface area contributed by atoms with Crippen LogP contribution in [0.2, 0.25) is 0 Å². The molecular weight excluding hydrogens is 235 g/mol. The first kappa shape index (κ1) is 11.8. The van der Waals surface area contributed by atoms with Gasteiger partial charge in [0.05, 0.1) is 5.56 Å². The van der Waals surface area contributed by atoms with E-state index in [0.717, 1.165) is 19.0 Å². The maximum atomic E-state index is 12.5. The standard InChI is InChI=1S/C10H10F3N3O/c11-10(12,13)9-14-5-7(6-17)8(15-9)16-3-1-2-4-16/h5-6H,1-4H2. The molecule has 0 atom stereocenters. The van der Waals surface area contributed by atoms with Gasteiger partial charge in [-0.05, 0) is 12.8 Å². The summed E-state index contributed by atoms with van der Waals surface area (Å²) in [5.74, 6) is -1.12. The number of rotatable bonds is 2. The van der Waals surface area contributed by atoms with Gasteiger partial charge in [0.15, 0.2) is 6.29 Å². The van der Waals surface area contributed by atoms with Gasteiger partial charge < -0.3 is 4.90 Å². The van der Waals surface area contributed by atoms with Crippen LogP contribution in [-0.2, 0) is 6.18 Å². The highest BCUT2D eigenvalue weighted by atomic mass is 19.4. The zero-order chi connectivity index (χ0) is 12.5. The van der Waals surface area contributed by atoms with Crippen molar-refractivity contribution in [2.75, 3.05) is 18.0 Å². The van der Waals surface area contributed by atoms with Crippen LogP contribution in [0.25, 0.3) is 0 Å². The minimum absolute atomic E-state index is 0.0832. The number of alkyl halides is 3. The molecule has 1 fully saturated rings. The smallest absolute Gasteiger partial charge is 0.356 e. The van der Waals surface area contributed by atoms with Crippen LogP contribution in [0.1, 0.15) is 29.0 Å². The predicted molar refractivity (Wildman–Crippen MR) is 53.9 cm³/mol. The third kappa shape index (κ3) is 2.37. The second-order valence-electron chi connectivity index (χ2n) is 3.78. The fraction of sp³-hybridized carbons (Fsp3) is 0.500. The Kier molecular flexibility index (Phi) is 2.99. The number of nitrogens with zero attached hydrogens (tertiary/aromatic N) is 3. The highest BCUT2D eigenvalue weighted by Crippen LogP contribution is 2.29. The van der Waals surface area contributed by atoms with E-state index in [4.69, 9.17) is 0 Å². The van der Waals surface area contributed by atoms with Gasteiger partial charge in [-0.1, -0.05) is 0 Å². The molecule has 4 nitrogen and oxygen atoms in total. The molecule has 1 saturated heterocycles. The summed E-state index contributed by atoms with van der Waals surface area (Å²) in [5, 5.41) is 0. The van der Waals surface area contributed by atoms with Crippen LogP contribution in [0, 0.1) is 0 Å². The van der Waals surface area contributed by atoms with E-state index in [1.807, 2.05) is 0 Å². The molecule has 1 aliphatic rings. The zero-order valence-electron chi connectivity index (χ0n) is 8.87. The zero-order valence-corrected chi connectivity index (χ0v) is 8.87. The number of aromatic nitrogens is 2. The molecule has 17 heavy (non-hydrogen) atoms. The van der Waals surface area contributed by atoms with E-state index >= 15 is 0 Å². The lowest BCUT2D eigenvalue weighted by atomic mass is 10.3. The van der Waals surface area contributed by atoms with Crippen molar-refractivity contribution in [3.05, 3.63) is 17.6 Å². The van der Waals surface area contributed by atoms with Crippen LogP contribution in [0.5, 0.6) is 0 Å². The van der Waals surface area contributed by atoms with Crippen LogP contribution < -0.4 is 4.90 Å². The number of hydrogen-bond acceptors (Lipinski definition) is 4. The largest absolute Gasteiger partial charge is 0.451 e. The molecule has 0 aliphatic carbocycles. The lowest BCUT2D eigenvalue weighted by Gasteiger charge is -2.18. The molecule has 92 valence electrons. The van der Waals surface area contributed by atoms with Crippen molar-refractivity contribution in [1.29, 1.82) is 0 Å². The monoisotopic (exact) mass is 245 g/mol. The molecule has 1 aromatic rings. The molecular formula is C10H10F3N3O. The number of halogens is 3. The molecule has 0 amide bonds. The number of hydrogen-bond donors (Lipinski definition) is 0. The maximum absolute atomic E-state index is 12.5. The summed E-state index contributed by atoms with van der Waals surface area (Å²) < 4.78 is 37.4. The van der Waals surface area contributed by atoms with Gasteiger partial charge in [-0.15, -0.1) is 0 Å². The molecule has 0 bridgehead atoms. The van der Waals surface area contributed by atoms with E-state index < -0.39 is 12.0 Å². The van der Waals surface area contributed by atoms with Gasteiger partial charge in [0.2, 0.25) is 5.82 Å². The Labute approximate surface area is 95.5 Å². The SMILES string of the molecule is O=Cc1cnc(C(F)(F)F)nc1N1CCCC1. The highest BCUT2D eigenvalue weighted by Gasteiger charge is 2.35. The van der Waals surface area contributed by atoms with Crippen molar-refractivity contribution in [1.82, 2.24) is 9.97 Å². The molecule has 1 aliphatic heterocycles. The molecule has 0 spiro atoms. The number of carbonyl (C=O) groups is 1. The minimum atomic E-state index is -4.59. The third-order valence-electron chi connectivity index (χ3n) is 2.58. The topological polar surface area (TPSA) is 46.1 Å². The summed E-state index contributed by atoms with van der Waals surface area (Å²) in [5.41, 5.74) is 0.0971. The Balaban J connectivity index is 2.42. The van der Waals surface area contributed by atoms with Crippen molar-refractivity contribution < 1.29 is 18.0 Å². The van der Waals surface area contributed by atoms with Crippen LogP contribution in [0.15, 0.2) is 6.20 Å². The Morgan fingerprint density at radius 2 is 1.94 bits per heavy atom. The summed E-state index contributed by atoms with van der Waals surface area (Å²) in [6, 6.07) is 0. The van der Waals surface area contributed by atoms with E-state index in [0.29, 0.717) is 19.4 Å². The van der Waals surface area contributed by atoms with Crippen LogP contribution in [0.4, 0.5) is 19.0 Å². The van der Waals surface area contributed by atoms with Gasteiger partial charge in [0.25, 0.3) is 0 Å².